The van der Waals surface area contributed by atoms with Crippen LogP contribution in [0.5, 0.6) is 5.75 Å². The second kappa shape index (κ2) is 5.31. The third-order valence-corrected chi connectivity index (χ3v) is 3.84. The molecule has 1 N–H and O–H groups in total. The molecule has 1 aromatic rings. The second-order valence-corrected chi connectivity index (χ2v) is 4.94. The quantitative estimate of drug-likeness (QED) is 0.830. The van der Waals surface area contributed by atoms with Crippen LogP contribution in [0.1, 0.15) is 5.56 Å². The van der Waals surface area contributed by atoms with Gasteiger partial charge in [-0.15, -0.1) is 11.8 Å². The lowest BCUT2D eigenvalue weighted by atomic mass is 10.2. The van der Waals surface area contributed by atoms with Crippen molar-refractivity contribution >= 4 is 17.8 Å². The Bertz CT molecular complexity index is 423. The Labute approximate surface area is 105 Å². The third kappa shape index (κ3) is 2.66. The number of nitrogens with one attached hydrogen (secondary N) is 1. The molecule has 4 nitrogen and oxygen atoms in total. The largest absolute Gasteiger partial charge is 0.497 e. The van der Waals surface area contributed by atoms with Crippen molar-refractivity contribution in [1.82, 2.24) is 10.2 Å². The number of benzene rings is 1. The van der Waals surface area contributed by atoms with Crippen LogP contribution in [-0.4, -0.2) is 37.4 Å². The lowest BCUT2D eigenvalue weighted by Crippen LogP contribution is -2.38. The first-order chi connectivity index (χ1) is 8.24. The minimum atomic E-state index is -0.0266. The number of amides is 2. The van der Waals surface area contributed by atoms with Gasteiger partial charge in [0.2, 0.25) is 0 Å². The summed E-state index contributed by atoms with van der Waals surface area (Å²) in [6.07, 6.45) is 0. The molecule has 0 fully saturated rings. The first-order valence-electron chi connectivity index (χ1n) is 5.51. The number of nitrogens with zero attached hydrogens (tertiary/aromatic N) is 1. The van der Waals surface area contributed by atoms with Gasteiger partial charge in [0.05, 0.1) is 7.11 Å². The molecule has 17 heavy (non-hydrogen) atoms. The fourth-order valence-electron chi connectivity index (χ4n) is 1.83. The minimum absolute atomic E-state index is 0.0266. The van der Waals surface area contributed by atoms with Gasteiger partial charge in [-0.2, -0.15) is 0 Å². The Morgan fingerprint density at radius 3 is 3.06 bits per heavy atom. The van der Waals surface area contributed by atoms with E-state index in [-0.39, 0.29) is 6.03 Å². The van der Waals surface area contributed by atoms with E-state index in [1.807, 2.05) is 17.0 Å². The number of carbonyl (C=O) groups is 1. The zero-order chi connectivity index (χ0) is 12.3. The zero-order valence-electron chi connectivity index (χ0n) is 10.0. The summed E-state index contributed by atoms with van der Waals surface area (Å²) >= 11 is 1.78. The van der Waals surface area contributed by atoms with E-state index in [2.05, 4.69) is 11.4 Å². The summed E-state index contributed by atoms with van der Waals surface area (Å²) in [5.41, 5.74) is 1.15. The van der Waals surface area contributed by atoms with Gasteiger partial charge in [0.25, 0.3) is 0 Å². The molecule has 0 radical (unpaired) electrons. The van der Waals surface area contributed by atoms with Crippen molar-refractivity contribution in [2.24, 2.45) is 0 Å². The maximum atomic E-state index is 11.7. The summed E-state index contributed by atoms with van der Waals surface area (Å²) < 4.78 is 5.21. The second-order valence-electron chi connectivity index (χ2n) is 3.80. The van der Waals surface area contributed by atoms with Crippen molar-refractivity contribution in [2.45, 2.75) is 11.4 Å². The zero-order valence-corrected chi connectivity index (χ0v) is 10.8. The maximum absolute atomic E-state index is 11.7. The summed E-state index contributed by atoms with van der Waals surface area (Å²) in [6, 6.07) is 6.00. The third-order valence-electron chi connectivity index (χ3n) is 2.75. The molecule has 0 bridgehead atoms. The highest BCUT2D eigenvalue weighted by Crippen LogP contribution is 2.30. The standard InChI is InChI=1S/C12H16N2O2S/c1-13-12(15)14-5-6-17-11-4-3-10(16-2)7-9(11)8-14/h3-4,7H,5-6,8H2,1-2H3,(H,13,15). The van der Waals surface area contributed by atoms with Crippen molar-refractivity contribution in [3.63, 3.8) is 0 Å². The molecule has 0 unspecified atom stereocenters. The van der Waals surface area contributed by atoms with Crippen molar-refractivity contribution in [3.05, 3.63) is 23.8 Å². The smallest absolute Gasteiger partial charge is 0.317 e. The van der Waals surface area contributed by atoms with E-state index in [4.69, 9.17) is 4.74 Å². The fourth-order valence-corrected chi connectivity index (χ4v) is 2.83. The highest BCUT2D eigenvalue weighted by molar-refractivity contribution is 7.99. The number of methoxy groups -OCH3 is 1. The van der Waals surface area contributed by atoms with Crippen molar-refractivity contribution in [1.29, 1.82) is 0 Å². The van der Waals surface area contributed by atoms with Crippen LogP contribution in [0.2, 0.25) is 0 Å². The van der Waals surface area contributed by atoms with Gasteiger partial charge in [-0.3, -0.25) is 0 Å². The van der Waals surface area contributed by atoms with E-state index in [0.29, 0.717) is 6.54 Å². The first kappa shape index (κ1) is 12.1. The molecule has 92 valence electrons. The Morgan fingerprint density at radius 2 is 2.35 bits per heavy atom. The van der Waals surface area contributed by atoms with Gasteiger partial charge in [-0.25, -0.2) is 4.79 Å². The van der Waals surface area contributed by atoms with Crippen LogP contribution >= 0.6 is 11.8 Å². The molecule has 1 aliphatic heterocycles. The van der Waals surface area contributed by atoms with E-state index in [1.54, 1.807) is 25.9 Å². The summed E-state index contributed by atoms with van der Waals surface area (Å²) in [5, 5.41) is 2.67. The number of rotatable bonds is 1. The van der Waals surface area contributed by atoms with Gasteiger partial charge in [-0.1, -0.05) is 0 Å². The van der Waals surface area contributed by atoms with Gasteiger partial charge >= 0.3 is 6.03 Å². The number of ether oxygens (including phenoxy) is 1. The molecule has 0 atom stereocenters. The fraction of sp³-hybridized carbons (Fsp3) is 0.417. The molecule has 1 aromatic carbocycles. The lowest BCUT2D eigenvalue weighted by molar-refractivity contribution is 0.201. The monoisotopic (exact) mass is 252 g/mol. The van der Waals surface area contributed by atoms with Crippen LogP contribution < -0.4 is 10.1 Å². The van der Waals surface area contributed by atoms with Crippen molar-refractivity contribution < 1.29 is 9.53 Å². The maximum Gasteiger partial charge on any atom is 0.317 e. The predicted molar refractivity (Wildman–Crippen MR) is 68.6 cm³/mol. The molecule has 2 amide bonds. The van der Waals surface area contributed by atoms with Gasteiger partial charge in [0.1, 0.15) is 5.75 Å². The van der Waals surface area contributed by atoms with E-state index < -0.39 is 0 Å². The molecule has 0 aromatic heterocycles. The predicted octanol–water partition coefficient (Wildman–Crippen LogP) is 1.94. The molecule has 5 heteroatoms. The Hall–Kier alpha value is -1.36. The molecule has 0 saturated heterocycles. The molecule has 2 rings (SSSR count). The average molecular weight is 252 g/mol. The van der Waals surface area contributed by atoms with Crippen LogP contribution in [0.25, 0.3) is 0 Å². The molecular weight excluding hydrogens is 236 g/mol. The van der Waals surface area contributed by atoms with Crippen LogP contribution in [0.3, 0.4) is 0 Å². The highest BCUT2D eigenvalue weighted by Gasteiger charge is 2.18. The van der Waals surface area contributed by atoms with Gasteiger partial charge in [0, 0.05) is 30.8 Å². The number of urea groups is 1. The van der Waals surface area contributed by atoms with Gasteiger partial charge in [-0.05, 0) is 23.8 Å². The molecular formula is C12H16N2O2S. The van der Waals surface area contributed by atoms with Crippen LogP contribution in [-0.2, 0) is 6.54 Å². The number of hydrogen-bond donors (Lipinski definition) is 1. The lowest BCUT2D eigenvalue weighted by Gasteiger charge is -2.19. The topological polar surface area (TPSA) is 41.6 Å². The van der Waals surface area contributed by atoms with Crippen LogP contribution in [0.4, 0.5) is 4.79 Å². The molecule has 0 saturated carbocycles. The highest BCUT2D eigenvalue weighted by atomic mass is 32.2. The van der Waals surface area contributed by atoms with Crippen LogP contribution in [0, 0.1) is 0 Å². The van der Waals surface area contributed by atoms with Crippen molar-refractivity contribution in [2.75, 3.05) is 26.5 Å². The molecule has 1 heterocycles. The van der Waals surface area contributed by atoms with E-state index in [0.717, 1.165) is 23.6 Å². The molecule has 0 spiro atoms. The summed E-state index contributed by atoms with van der Waals surface area (Å²) in [4.78, 5) is 14.7. The van der Waals surface area contributed by atoms with E-state index in [9.17, 15) is 4.79 Å². The number of hydrogen-bond acceptors (Lipinski definition) is 3. The first-order valence-corrected chi connectivity index (χ1v) is 6.49. The number of fused-ring (bicyclic) bond motifs is 1. The molecule has 1 aliphatic rings. The Kier molecular flexibility index (Phi) is 3.78. The summed E-state index contributed by atoms with van der Waals surface area (Å²) in [7, 11) is 3.31. The summed E-state index contributed by atoms with van der Waals surface area (Å²) in [6.45, 7) is 1.40. The van der Waals surface area contributed by atoms with Crippen molar-refractivity contribution in [3.8, 4) is 5.75 Å². The summed E-state index contributed by atoms with van der Waals surface area (Å²) in [5.74, 6) is 1.76. The number of thioether (sulfide) groups is 1. The number of carbonyl (C=O) groups excluding carboxylic acids is 1. The normalized spacial score (nSPS) is 14.8. The molecule has 0 aliphatic carbocycles. The van der Waals surface area contributed by atoms with Crippen LogP contribution in [0.15, 0.2) is 23.1 Å². The van der Waals surface area contributed by atoms with Gasteiger partial charge < -0.3 is 15.0 Å². The van der Waals surface area contributed by atoms with E-state index in [1.165, 1.54) is 4.90 Å². The Balaban J connectivity index is 2.25. The Morgan fingerprint density at radius 1 is 1.53 bits per heavy atom. The van der Waals surface area contributed by atoms with E-state index >= 15 is 0 Å². The SMILES string of the molecule is CNC(=O)N1CCSc2ccc(OC)cc2C1. The minimum Gasteiger partial charge on any atom is -0.497 e. The average Bonchev–Trinajstić information content (AvgIpc) is 2.58. The van der Waals surface area contributed by atoms with Gasteiger partial charge in [0.15, 0.2) is 0 Å².